The zero-order chi connectivity index (χ0) is 20.6. The fourth-order valence-electron chi connectivity index (χ4n) is 2.87. The van der Waals surface area contributed by atoms with Gasteiger partial charge in [0.25, 0.3) is 5.91 Å². The molecule has 0 aliphatic rings. The summed E-state index contributed by atoms with van der Waals surface area (Å²) in [6.45, 7) is 5.95. The van der Waals surface area contributed by atoms with Crippen LogP contribution in [0.25, 0.3) is 11.0 Å². The van der Waals surface area contributed by atoms with E-state index in [1.54, 1.807) is 41.9 Å². The second kappa shape index (κ2) is 10.1. The molecule has 1 amide bonds. The van der Waals surface area contributed by atoms with Crippen molar-refractivity contribution in [2.24, 2.45) is 0 Å². The minimum absolute atomic E-state index is 0.180. The maximum atomic E-state index is 12.5. The average Bonchev–Trinajstić information content (AvgIpc) is 3.15. The number of anilines is 1. The lowest BCUT2D eigenvalue weighted by atomic mass is 10.2. The Hall–Kier alpha value is -2.81. The minimum atomic E-state index is -0.180. The fourth-order valence-corrected chi connectivity index (χ4v) is 3.44. The summed E-state index contributed by atoms with van der Waals surface area (Å²) in [6, 6.07) is 7.16. The van der Waals surface area contributed by atoms with E-state index in [4.69, 9.17) is 4.74 Å². The molecule has 3 aromatic rings. The Morgan fingerprint density at radius 3 is 2.79 bits per heavy atom. The molecule has 29 heavy (non-hydrogen) atoms. The van der Waals surface area contributed by atoms with Crippen molar-refractivity contribution in [2.75, 3.05) is 31.3 Å². The lowest BCUT2D eigenvalue weighted by Crippen LogP contribution is -2.28. The van der Waals surface area contributed by atoms with Crippen LogP contribution < -0.4 is 15.4 Å². The first-order valence-electron chi connectivity index (χ1n) is 9.69. The largest absolute Gasteiger partial charge is 0.496 e. The summed E-state index contributed by atoms with van der Waals surface area (Å²) in [5.41, 5.74) is 1.27. The number of hydrogen-bond acceptors (Lipinski definition) is 7. The highest BCUT2D eigenvalue weighted by molar-refractivity contribution is 7.99. The molecule has 0 radical (unpaired) electrons. The van der Waals surface area contributed by atoms with Crippen LogP contribution in [-0.2, 0) is 6.54 Å². The van der Waals surface area contributed by atoms with Gasteiger partial charge in [-0.25, -0.2) is 14.6 Å². The Balaban J connectivity index is 1.74. The van der Waals surface area contributed by atoms with Crippen LogP contribution in [-0.4, -0.2) is 51.6 Å². The summed E-state index contributed by atoms with van der Waals surface area (Å²) in [5.74, 6) is 2.07. The minimum Gasteiger partial charge on any atom is -0.496 e. The lowest BCUT2D eigenvalue weighted by Gasteiger charge is -2.10. The van der Waals surface area contributed by atoms with E-state index in [9.17, 15) is 4.79 Å². The Morgan fingerprint density at radius 1 is 1.21 bits per heavy atom. The van der Waals surface area contributed by atoms with Gasteiger partial charge in [0.05, 0.1) is 30.8 Å². The first-order chi connectivity index (χ1) is 14.2. The van der Waals surface area contributed by atoms with Gasteiger partial charge >= 0.3 is 0 Å². The molecule has 9 heteroatoms. The van der Waals surface area contributed by atoms with Crippen LogP contribution >= 0.6 is 11.8 Å². The number of hydrogen-bond donors (Lipinski definition) is 2. The third-order valence-corrected chi connectivity index (χ3v) is 4.98. The highest BCUT2D eigenvalue weighted by atomic mass is 32.2. The van der Waals surface area contributed by atoms with Gasteiger partial charge < -0.3 is 15.4 Å². The summed E-state index contributed by atoms with van der Waals surface area (Å²) < 4.78 is 7.06. The van der Waals surface area contributed by atoms with E-state index in [-0.39, 0.29) is 5.91 Å². The van der Waals surface area contributed by atoms with Crippen LogP contribution in [0.1, 0.15) is 30.6 Å². The van der Waals surface area contributed by atoms with Gasteiger partial charge in [0.15, 0.2) is 10.8 Å². The van der Waals surface area contributed by atoms with Crippen LogP contribution in [0.2, 0.25) is 0 Å². The molecule has 0 fully saturated rings. The summed E-state index contributed by atoms with van der Waals surface area (Å²) in [6.07, 6.45) is 2.78. The maximum Gasteiger partial charge on any atom is 0.255 e. The molecule has 0 aliphatic carbocycles. The first kappa shape index (κ1) is 20.9. The number of benzene rings is 1. The number of para-hydroxylation sites is 1. The van der Waals surface area contributed by atoms with Crippen molar-refractivity contribution in [3.8, 4) is 5.75 Å². The van der Waals surface area contributed by atoms with Gasteiger partial charge in [0.2, 0.25) is 0 Å². The molecule has 2 heterocycles. The van der Waals surface area contributed by atoms with Gasteiger partial charge in [-0.05, 0) is 24.3 Å². The molecule has 0 atom stereocenters. The Labute approximate surface area is 174 Å². The zero-order valence-electron chi connectivity index (χ0n) is 16.9. The number of rotatable bonds is 10. The summed E-state index contributed by atoms with van der Waals surface area (Å²) in [7, 11) is 1.55. The molecular formula is C20H26N6O2S. The normalized spacial score (nSPS) is 10.9. The molecule has 0 spiro atoms. The van der Waals surface area contributed by atoms with Crippen LogP contribution in [0, 0.1) is 0 Å². The lowest BCUT2D eigenvalue weighted by molar-refractivity contribution is 0.0949. The van der Waals surface area contributed by atoms with Gasteiger partial charge in [-0.1, -0.05) is 37.7 Å². The van der Waals surface area contributed by atoms with Crippen molar-refractivity contribution in [1.82, 2.24) is 25.1 Å². The van der Waals surface area contributed by atoms with Crippen LogP contribution in [0.15, 0.2) is 35.6 Å². The topological polar surface area (TPSA) is 94.0 Å². The summed E-state index contributed by atoms with van der Waals surface area (Å²) >= 11 is 1.59. The Bertz CT molecular complexity index is 975. The van der Waals surface area contributed by atoms with E-state index in [2.05, 4.69) is 39.5 Å². The van der Waals surface area contributed by atoms with E-state index in [1.165, 1.54) is 0 Å². The van der Waals surface area contributed by atoms with Crippen molar-refractivity contribution >= 4 is 34.5 Å². The summed E-state index contributed by atoms with van der Waals surface area (Å²) in [4.78, 5) is 21.7. The molecule has 8 nitrogen and oxygen atoms in total. The molecule has 2 N–H and O–H groups in total. The van der Waals surface area contributed by atoms with E-state index < -0.39 is 0 Å². The predicted molar refractivity (Wildman–Crippen MR) is 116 cm³/mol. The van der Waals surface area contributed by atoms with Crippen LogP contribution in [0.4, 0.5) is 5.82 Å². The van der Waals surface area contributed by atoms with Crippen molar-refractivity contribution in [1.29, 1.82) is 0 Å². The molecule has 154 valence electrons. The average molecular weight is 415 g/mol. The van der Waals surface area contributed by atoms with Crippen molar-refractivity contribution in [3.05, 3.63) is 36.0 Å². The number of nitrogens with zero attached hydrogens (tertiary/aromatic N) is 4. The molecule has 1 aromatic carbocycles. The second-order valence-corrected chi connectivity index (χ2v) is 7.51. The van der Waals surface area contributed by atoms with Gasteiger partial charge in [0.1, 0.15) is 11.6 Å². The first-order valence-corrected chi connectivity index (χ1v) is 10.7. The van der Waals surface area contributed by atoms with Gasteiger partial charge in [-0.15, -0.1) is 0 Å². The number of ether oxygens (including phenoxy) is 1. The van der Waals surface area contributed by atoms with Crippen LogP contribution in [0.3, 0.4) is 0 Å². The van der Waals surface area contributed by atoms with Gasteiger partial charge in [-0.3, -0.25) is 4.79 Å². The number of nitrogens with one attached hydrogen (secondary N) is 2. The Morgan fingerprint density at radius 2 is 2.03 bits per heavy atom. The smallest absolute Gasteiger partial charge is 0.255 e. The number of amides is 1. The van der Waals surface area contributed by atoms with Crippen molar-refractivity contribution < 1.29 is 9.53 Å². The molecule has 0 aliphatic heterocycles. The highest BCUT2D eigenvalue weighted by Gasteiger charge is 2.14. The number of thioether (sulfide) groups is 1. The standard InChI is InChI=1S/C20H26N6O2S/c1-4-10-21-17-15-13-23-26(18(15)25-20(24-17)29-5-2)12-11-22-19(27)14-8-6-7-9-16(14)28-3/h6-9,13H,4-5,10-12H2,1-3H3,(H,22,27)(H,21,24,25). The summed E-state index contributed by atoms with van der Waals surface area (Å²) in [5, 5.41) is 12.3. The van der Waals surface area contributed by atoms with E-state index in [0.29, 0.717) is 24.4 Å². The molecule has 3 rings (SSSR count). The zero-order valence-corrected chi connectivity index (χ0v) is 17.8. The molecular weight excluding hydrogens is 388 g/mol. The predicted octanol–water partition coefficient (Wildman–Crippen LogP) is 3.20. The monoisotopic (exact) mass is 414 g/mol. The molecule has 0 saturated carbocycles. The maximum absolute atomic E-state index is 12.5. The molecule has 0 bridgehead atoms. The van der Waals surface area contributed by atoms with E-state index in [0.717, 1.165) is 40.7 Å². The Kier molecular flexibility index (Phi) is 7.29. The number of carbonyl (C=O) groups is 1. The third kappa shape index (κ3) is 4.97. The van der Waals surface area contributed by atoms with Crippen molar-refractivity contribution in [2.45, 2.75) is 32.0 Å². The molecule has 0 saturated heterocycles. The molecule has 2 aromatic heterocycles. The number of fused-ring (bicyclic) bond motifs is 1. The van der Waals surface area contributed by atoms with E-state index >= 15 is 0 Å². The quantitative estimate of drug-likeness (QED) is 0.389. The SMILES string of the molecule is CCCNc1nc(SCC)nc2c1cnn2CCNC(=O)c1ccccc1OC. The molecule has 0 unspecified atom stereocenters. The number of methoxy groups -OCH3 is 1. The van der Waals surface area contributed by atoms with Crippen molar-refractivity contribution in [3.63, 3.8) is 0 Å². The third-order valence-electron chi connectivity index (χ3n) is 4.25. The highest BCUT2D eigenvalue weighted by Crippen LogP contribution is 2.24. The number of aromatic nitrogens is 4. The van der Waals surface area contributed by atoms with Gasteiger partial charge in [-0.2, -0.15) is 5.10 Å². The van der Waals surface area contributed by atoms with Crippen LogP contribution in [0.5, 0.6) is 5.75 Å². The number of carbonyl (C=O) groups excluding carboxylic acids is 1. The van der Waals surface area contributed by atoms with E-state index in [1.807, 2.05) is 12.1 Å². The fraction of sp³-hybridized carbons (Fsp3) is 0.400. The van der Waals surface area contributed by atoms with Gasteiger partial charge in [0, 0.05) is 13.1 Å². The second-order valence-electron chi connectivity index (χ2n) is 6.28.